The molecule has 1 aromatic carbocycles. The van der Waals surface area contributed by atoms with Crippen molar-refractivity contribution in [3.8, 4) is 11.8 Å². The van der Waals surface area contributed by atoms with Gasteiger partial charge in [0.25, 0.3) is 5.91 Å². The predicted octanol–water partition coefficient (Wildman–Crippen LogP) is 3.60. The lowest BCUT2D eigenvalue weighted by atomic mass is 10.1. The summed E-state index contributed by atoms with van der Waals surface area (Å²) >= 11 is 0. The van der Waals surface area contributed by atoms with Crippen LogP contribution in [-0.2, 0) is 4.79 Å². The van der Waals surface area contributed by atoms with E-state index < -0.39 is 6.61 Å². The summed E-state index contributed by atoms with van der Waals surface area (Å²) in [5, 5.41) is 9.24. The van der Waals surface area contributed by atoms with Crippen molar-refractivity contribution < 1.29 is 18.3 Å². The maximum atomic E-state index is 12.4. The fourth-order valence-corrected chi connectivity index (χ4v) is 2.50. The summed E-state index contributed by atoms with van der Waals surface area (Å²) in [7, 11) is 0. The fraction of sp³-hybridized carbons (Fsp3) is 0.412. The van der Waals surface area contributed by atoms with Crippen LogP contribution in [0.2, 0.25) is 0 Å². The first kappa shape index (κ1) is 16.9. The van der Waals surface area contributed by atoms with Gasteiger partial charge in [0.2, 0.25) is 0 Å². The summed E-state index contributed by atoms with van der Waals surface area (Å²) in [6.45, 7) is -1.55. The number of nitrogens with zero attached hydrogens (tertiary/aromatic N) is 2. The van der Waals surface area contributed by atoms with Crippen LogP contribution < -0.4 is 4.74 Å². The number of rotatable bonds is 4. The topological polar surface area (TPSA) is 53.3 Å². The fourth-order valence-electron chi connectivity index (χ4n) is 2.50. The number of halogens is 2. The van der Waals surface area contributed by atoms with Gasteiger partial charge in [0.05, 0.1) is 0 Å². The predicted molar refractivity (Wildman–Crippen MR) is 81.7 cm³/mol. The van der Waals surface area contributed by atoms with E-state index in [1.165, 1.54) is 30.3 Å². The second-order valence-electron chi connectivity index (χ2n) is 5.32. The minimum absolute atomic E-state index is 0.0366. The van der Waals surface area contributed by atoms with Crippen molar-refractivity contribution in [1.82, 2.24) is 4.90 Å². The molecule has 2 rings (SSSR count). The molecule has 1 aliphatic heterocycles. The van der Waals surface area contributed by atoms with Gasteiger partial charge in [0, 0.05) is 13.1 Å². The summed E-state index contributed by atoms with van der Waals surface area (Å²) in [4.78, 5) is 14.1. The first-order valence-electron chi connectivity index (χ1n) is 7.56. The zero-order chi connectivity index (χ0) is 16.7. The maximum absolute atomic E-state index is 12.4. The van der Waals surface area contributed by atoms with Crippen LogP contribution in [-0.4, -0.2) is 30.5 Å². The van der Waals surface area contributed by atoms with Crippen LogP contribution in [0, 0.1) is 11.3 Å². The Labute approximate surface area is 134 Å². The molecule has 0 atom stereocenters. The van der Waals surface area contributed by atoms with Crippen LogP contribution in [0.4, 0.5) is 8.78 Å². The lowest BCUT2D eigenvalue weighted by molar-refractivity contribution is -0.126. The quantitative estimate of drug-likeness (QED) is 0.629. The van der Waals surface area contributed by atoms with Crippen LogP contribution in [0.3, 0.4) is 0 Å². The number of amides is 1. The van der Waals surface area contributed by atoms with E-state index in [2.05, 4.69) is 4.74 Å². The Morgan fingerprint density at radius 3 is 2.30 bits per heavy atom. The van der Waals surface area contributed by atoms with Crippen LogP contribution in [0.5, 0.6) is 5.75 Å². The van der Waals surface area contributed by atoms with Crippen molar-refractivity contribution in [3.05, 3.63) is 35.4 Å². The third-order valence-corrected chi connectivity index (χ3v) is 3.66. The maximum Gasteiger partial charge on any atom is 0.387 e. The zero-order valence-electron chi connectivity index (χ0n) is 12.7. The van der Waals surface area contributed by atoms with Crippen LogP contribution in [0.25, 0.3) is 6.08 Å². The molecule has 0 aliphatic carbocycles. The Balaban J connectivity index is 2.11. The van der Waals surface area contributed by atoms with Gasteiger partial charge in [-0.3, -0.25) is 4.79 Å². The van der Waals surface area contributed by atoms with Crippen molar-refractivity contribution in [3.63, 3.8) is 0 Å². The summed E-state index contributed by atoms with van der Waals surface area (Å²) < 4.78 is 28.5. The molecule has 1 saturated heterocycles. The summed E-state index contributed by atoms with van der Waals surface area (Å²) in [5.74, 6) is -0.239. The molecular formula is C17H18F2N2O2. The van der Waals surface area contributed by atoms with Crippen LogP contribution in [0.15, 0.2) is 29.8 Å². The van der Waals surface area contributed by atoms with Gasteiger partial charge in [-0.25, -0.2) is 0 Å². The molecule has 4 nitrogen and oxygen atoms in total. The monoisotopic (exact) mass is 320 g/mol. The number of carbonyl (C=O) groups excluding carboxylic acids is 1. The van der Waals surface area contributed by atoms with Crippen molar-refractivity contribution in [2.45, 2.75) is 32.3 Å². The van der Waals surface area contributed by atoms with Gasteiger partial charge in [0.1, 0.15) is 17.4 Å². The first-order chi connectivity index (χ1) is 11.1. The van der Waals surface area contributed by atoms with Gasteiger partial charge < -0.3 is 9.64 Å². The van der Waals surface area contributed by atoms with Gasteiger partial charge in [-0.15, -0.1) is 0 Å². The van der Waals surface area contributed by atoms with E-state index in [1.807, 2.05) is 6.07 Å². The van der Waals surface area contributed by atoms with E-state index in [0.717, 1.165) is 25.7 Å². The second kappa shape index (κ2) is 8.28. The Morgan fingerprint density at radius 1 is 1.17 bits per heavy atom. The minimum Gasteiger partial charge on any atom is -0.435 e. The molecule has 0 spiro atoms. The van der Waals surface area contributed by atoms with Crippen molar-refractivity contribution >= 4 is 12.0 Å². The smallest absolute Gasteiger partial charge is 0.387 e. The number of hydrogen-bond donors (Lipinski definition) is 0. The van der Waals surface area contributed by atoms with Gasteiger partial charge >= 0.3 is 6.61 Å². The molecule has 0 N–H and O–H groups in total. The Morgan fingerprint density at radius 2 is 1.78 bits per heavy atom. The molecule has 1 aromatic rings. The summed E-state index contributed by atoms with van der Waals surface area (Å²) in [5.41, 5.74) is 0.640. The lowest BCUT2D eigenvalue weighted by Gasteiger charge is -2.19. The molecule has 6 heteroatoms. The second-order valence-corrected chi connectivity index (χ2v) is 5.32. The Kier molecular flexibility index (Phi) is 6.10. The van der Waals surface area contributed by atoms with Crippen molar-refractivity contribution in [2.24, 2.45) is 0 Å². The van der Waals surface area contributed by atoms with Gasteiger partial charge in [-0.1, -0.05) is 25.0 Å². The number of hydrogen-bond acceptors (Lipinski definition) is 3. The van der Waals surface area contributed by atoms with E-state index in [0.29, 0.717) is 18.7 Å². The van der Waals surface area contributed by atoms with E-state index in [9.17, 15) is 18.8 Å². The molecule has 0 unspecified atom stereocenters. The average molecular weight is 320 g/mol. The largest absolute Gasteiger partial charge is 0.435 e. The number of benzene rings is 1. The minimum atomic E-state index is -2.88. The van der Waals surface area contributed by atoms with E-state index >= 15 is 0 Å². The highest BCUT2D eigenvalue weighted by Crippen LogP contribution is 2.18. The highest BCUT2D eigenvalue weighted by atomic mass is 19.3. The molecular weight excluding hydrogens is 302 g/mol. The molecule has 1 heterocycles. The molecule has 1 fully saturated rings. The van der Waals surface area contributed by atoms with Crippen molar-refractivity contribution in [1.29, 1.82) is 5.26 Å². The standard InChI is InChI=1S/C17H18F2N2O2/c18-17(19)23-15-7-5-13(6-8-15)11-14(12-20)16(22)21-9-3-1-2-4-10-21/h5-8,11,17H,1-4,9-10H2/b14-11-. The van der Waals surface area contributed by atoms with Gasteiger partial charge in [-0.2, -0.15) is 14.0 Å². The molecule has 0 bridgehead atoms. The number of nitriles is 1. The van der Waals surface area contributed by atoms with Crippen LogP contribution >= 0.6 is 0 Å². The molecule has 23 heavy (non-hydrogen) atoms. The number of likely N-dealkylation sites (tertiary alicyclic amines) is 1. The molecule has 0 saturated carbocycles. The van der Waals surface area contributed by atoms with Crippen molar-refractivity contribution in [2.75, 3.05) is 13.1 Å². The molecule has 1 aliphatic rings. The number of carbonyl (C=O) groups is 1. The molecule has 1 amide bonds. The van der Waals surface area contributed by atoms with E-state index in [1.54, 1.807) is 4.90 Å². The molecule has 0 radical (unpaired) electrons. The molecule has 122 valence electrons. The number of alkyl halides is 2. The third kappa shape index (κ3) is 5.06. The average Bonchev–Trinajstić information content (AvgIpc) is 2.82. The Bertz CT molecular complexity index is 598. The van der Waals surface area contributed by atoms with Crippen LogP contribution in [0.1, 0.15) is 31.2 Å². The summed E-state index contributed by atoms with van der Waals surface area (Å²) in [6.07, 6.45) is 5.57. The number of ether oxygens (including phenoxy) is 1. The third-order valence-electron chi connectivity index (χ3n) is 3.66. The SMILES string of the molecule is N#C/C(=C/c1ccc(OC(F)F)cc1)C(=O)N1CCCCCC1. The van der Waals surface area contributed by atoms with Gasteiger partial charge in [-0.05, 0) is 36.6 Å². The highest BCUT2D eigenvalue weighted by Gasteiger charge is 2.19. The lowest BCUT2D eigenvalue weighted by Crippen LogP contribution is -2.32. The zero-order valence-corrected chi connectivity index (χ0v) is 12.7. The van der Waals surface area contributed by atoms with E-state index in [-0.39, 0.29) is 17.2 Å². The summed E-state index contributed by atoms with van der Waals surface area (Å²) in [6, 6.07) is 7.76. The van der Waals surface area contributed by atoms with E-state index in [4.69, 9.17) is 0 Å². The van der Waals surface area contributed by atoms with Gasteiger partial charge in [0.15, 0.2) is 0 Å². The Hall–Kier alpha value is -2.42. The molecule has 0 aromatic heterocycles. The highest BCUT2D eigenvalue weighted by molar-refractivity contribution is 6.01. The first-order valence-corrected chi connectivity index (χ1v) is 7.56. The normalized spacial score (nSPS) is 15.9.